The Morgan fingerprint density at radius 2 is 1.74 bits per heavy atom. The number of nitrogens with one attached hydrogen (secondary N) is 1. The molecule has 3 aromatic carbocycles. The van der Waals surface area contributed by atoms with Crippen molar-refractivity contribution in [3.05, 3.63) is 66.2 Å². The van der Waals surface area contributed by atoms with E-state index in [4.69, 9.17) is 4.74 Å². The highest BCUT2D eigenvalue weighted by atomic mass is 32.2. The van der Waals surface area contributed by atoms with Gasteiger partial charge in [-0.05, 0) is 78.4 Å². The molecule has 164 valence electrons. The zero-order valence-electron chi connectivity index (χ0n) is 18.3. The Hall–Kier alpha value is -2.57. The van der Waals surface area contributed by atoms with E-state index in [-0.39, 0.29) is 10.9 Å². The second-order valence-electron chi connectivity index (χ2n) is 8.50. The molecule has 0 saturated carbocycles. The first-order valence-electron chi connectivity index (χ1n) is 10.8. The summed E-state index contributed by atoms with van der Waals surface area (Å²) in [6, 6.07) is 18.7. The summed E-state index contributed by atoms with van der Waals surface area (Å²) in [7, 11) is -2.03. The van der Waals surface area contributed by atoms with Crippen molar-refractivity contribution in [2.45, 2.75) is 37.6 Å². The van der Waals surface area contributed by atoms with Crippen LogP contribution in [0.1, 0.15) is 38.3 Å². The number of nitrogens with zero attached hydrogens (tertiary/aromatic N) is 1. The first kappa shape index (κ1) is 21.7. The topological polar surface area (TPSA) is 58.6 Å². The molecule has 3 aromatic rings. The van der Waals surface area contributed by atoms with Gasteiger partial charge < -0.3 is 9.64 Å². The summed E-state index contributed by atoms with van der Waals surface area (Å²) in [5.41, 5.74) is 2.15. The summed E-state index contributed by atoms with van der Waals surface area (Å²) >= 11 is 0. The molecular formula is C25H30N2O3S. The number of hydrogen-bond acceptors (Lipinski definition) is 4. The van der Waals surface area contributed by atoms with Crippen molar-refractivity contribution >= 4 is 26.5 Å². The summed E-state index contributed by atoms with van der Waals surface area (Å²) in [4.78, 5) is 2.67. The van der Waals surface area contributed by atoms with Gasteiger partial charge in [-0.3, -0.25) is 0 Å². The lowest BCUT2D eigenvalue weighted by atomic mass is 9.99. The van der Waals surface area contributed by atoms with E-state index in [2.05, 4.69) is 28.7 Å². The summed E-state index contributed by atoms with van der Waals surface area (Å²) in [6.07, 6.45) is 2.51. The van der Waals surface area contributed by atoms with E-state index in [1.165, 1.54) is 18.5 Å². The van der Waals surface area contributed by atoms with Crippen molar-refractivity contribution in [1.82, 2.24) is 4.72 Å². The number of ether oxygens (including phenoxy) is 1. The van der Waals surface area contributed by atoms with E-state index < -0.39 is 10.0 Å². The first-order valence-corrected chi connectivity index (χ1v) is 12.3. The molecule has 31 heavy (non-hydrogen) atoms. The number of anilines is 1. The fourth-order valence-electron chi connectivity index (χ4n) is 4.26. The minimum absolute atomic E-state index is 0.260. The molecule has 4 rings (SSSR count). The number of benzene rings is 3. The van der Waals surface area contributed by atoms with Gasteiger partial charge >= 0.3 is 0 Å². The van der Waals surface area contributed by atoms with Gasteiger partial charge in [0.05, 0.1) is 12.0 Å². The van der Waals surface area contributed by atoms with E-state index in [9.17, 15) is 8.42 Å². The Morgan fingerprint density at radius 3 is 2.45 bits per heavy atom. The standard InChI is InChI=1S/C25H30N2O3S/c1-18-5-4-14-27(17-18)23-10-6-20(7-11-23)19(2)26-31(28,29)25-13-9-21-15-24(30-3)12-8-22(21)16-25/h6-13,15-16,18-19,26H,4-5,14,17H2,1-3H3/t18-,19-/m0/s1. The maximum atomic E-state index is 13.0. The van der Waals surface area contributed by atoms with Crippen LogP contribution in [-0.4, -0.2) is 28.6 Å². The Labute approximate surface area is 185 Å². The second kappa shape index (κ2) is 8.89. The van der Waals surface area contributed by atoms with Crippen LogP contribution in [0.5, 0.6) is 5.75 Å². The molecule has 1 aliphatic rings. The van der Waals surface area contributed by atoms with Crippen LogP contribution in [0.2, 0.25) is 0 Å². The van der Waals surface area contributed by atoms with Crippen molar-refractivity contribution in [3.63, 3.8) is 0 Å². The number of rotatable bonds is 6. The van der Waals surface area contributed by atoms with Gasteiger partial charge in [-0.25, -0.2) is 13.1 Å². The normalized spacial score (nSPS) is 18.2. The third-order valence-corrected chi connectivity index (χ3v) is 7.61. The van der Waals surface area contributed by atoms with Crippen molar-refractivity contribution in [2.75, 3.05) is 25.1 Å². The van der Waals surface area contributed by atoms with Crippen molar-refractivity contribution in [3.8, 4) is 5.75 Å². The molecule has 0 aliphatic carbocycles. The molecule has 0 spiro atoms. The summed E-state index contributed by atoms with van der Waals surface area (Å²) in [6.45, 7) is 6.33. The molecule has 2 atom stereocenters. The van der Waals surface area contributed by atoms with Gasteiger partial charge in [0.1, 0.15) is 5.75 Å². The van der Waals surface area contributed by atoms with Crippen LogP contribution in [0, 0.1) is 5.92 Å². The third-order valence-electron chi connectivity index (χ3n) is 6.08. The van der Waals surface area contributed by atoms with Crippen LogP contribution in [0.15, 0.2) is 65.6 Å². The van der Waals surface area contributed by atoms with Gasteiger partial charge in [0.25, 0.3) is 0 Å². The lowest BCUT2D eigenvalue weighted by Crippen LogP contribution is -2.34. The minimum atomic E-state index is -3.64. The molecule has 0 amide bonds. The Kier molecular flexibility index (Phi) is 6.21. The summed E-state index contributed by atoms with van der Waals surface area (Å²) in [5, 5.41) is 1.80. The molecule has 1 fully saturated rings. The number of sulfonamides is 1. The lowest BCUT2D eigenvalue weighted by molar-refractivity contribution is 0.415. The highest BCUT2D eigenvalue weighted by Crippen LogP contribution is 2.27. The molecule has 0 aromatic heterocycles. The second-order valence-corrected chi connectivity index (χ2v) is 10.2. The molecule has 0 radical (unpaired) electrons. The molecule has 1 heterocycles. The van der Waals surface area contributed by atoms with Gasteiger partial charge in [-0.1, -0.05) is 31.2 Å². The van der Waals surface area contributed by atoms with Crippen LogP contribution < -0.4 is 14.4 Å². The van der Waals surface area contributed by atoms with E-state index >= 15 is 0 Å². The molecule has 0 unspecified atom stereocenters. The molecule has 0 bridgehead atoms. The van der Waals surface area contributed by atoms with E-state index in [0.717, 1.165) is 35.2 Å². The predicted octanol–water partition coefficient (Wildman–Crippen LogP) is 5.12. The number of piperidine rings is 1. The van der Waals surface area contributed by atoms with Gasteiger partial charge in [-0.2, -0.15) is 0 Å². The minimum Gasteiger partial charge on any atom is -0.497 e. The fourth-order valence-corrected chi connectivity index (χ4v) is 5.53. The van der Waals surface area contributed by atoms with Crippen LogP contribution in [-0.2, 0) is 10.0 Å². The van der Waals surface area contributed by atoms with E-state index in [1.54, 1.807) is 19.2 Å². The largest absolute Gasteiger partial charge is 0.497 e. The average molecular weight is 439 g/mol. The van der Waals surface area contributed by atoms with E-state index in [1.807, 2.05) is 43.3 Å². The van der Waals surface area contributed by atoms with Gasteiger partial charge in [0.2, 0.25) is 10.0 Å². The fraction of sp³-hybridized carbons (Fsp3) is 0.360. The van der Waals surface area contributed by atoms with E-state index in [0.29, 0.717) is 5.92 Å². The molecule has 1 aliphatic heterocycles. The maximum absolute atomic E-state index is 13.0. The van der Waals surface area contributed by atoms with Gasteiger partial charge in [0, 0.05) is 24.8 Å². The quantitative estimate of drug-likeness (QED) is 0.580. The average Bonchev–Trinajstić information content (AvgIpc) is 2.78. The Balaban J connectivity index is 1.49. The molecule has 6 heteroatoms. The number of fused-ring (bicyclic) bond motifs is 1. The zero-order chi connectivity index (χ0) is 22.0. The predicted molar refractivity (Wildman–Crippen MR) is 126 cm³/mol. The molecule has 1 N–H and O–H groups in total. The van der Waals surface area contributed by atoms with Gasteiger partial charge in [0.15, 0.2) is 0 Å². The Morgan fingerprint density at radius 1 is 1.03 bits per heavy atom. The number of methoxy groups -OCH3 is 1. The summed E-state index contributed by atoms with van der Waals surface area (Å²) < 4.78 is 34.0. The van der Waals surface area contributed by atoms with Crippen LogP contribution in [0.25, 0.3) is 10.8 Å². The highest BCUT2D eigenvalue weighted by molar-refractivity contribution is 7.89. The zero-order valence-corrected chi connectivity index (χ0v) is 19.2. The highest BCUT2D eigenvalue weighted by Gasteiger charge is 2.20. The maximum Gasteiger partial charge on any atom is 0.241 e. The first-order chi connectivity index (χ1) is 14.9. The molecular weight excluding hydrogens is 408 g/mol. The van der Waals surface area contributed by atoms with Crippen molar-refractivity contribution < 1.29 is 13.2 Å². The van der Waals surface area contributed by atoms with Crippen LogP contribution >= 0.6 is 0 Å². The van der Waals surface area contributed by atoms with Crippen molar-refractivity contribution in [1.29, 1.82) is 0 Å². The molecule has 5 nitrogen and oxygen atoms in total. The van der Waals surface area contributed by atoms with Crippen LogP contribution in [0.4, 0.5) is 5.69 Å². The number of hydrogen-bond donors (Lipinski definition) is 1. The Bertz CT molecular complexity index is 1160. The summed E-state index contributed by atoms with van der Waals surface area (Å²) in [5.74, 6) is 1.46. The van der Waals surface area contributed by atoms with Crippen LogP contribution in [0.3, 0.4) is 0 Å². The monoisotopic (exact) mass is 438 g/mol. The van der Waals surface area contributed by atoms with Crippen molar-refractivity contribution in [2.24, 2.45) is 5.92 Å². The van der Waals surface area contributed by atoms with Gasteiger partial charge in [-0.15, -0.1) is 0 Å². The lowest BCUT2D eigenvalue weighted by Gasteiger charge is -2.33. The third kappa shape index (κ3) is 4.86. The molecule has 1 saturated heterocycles. The smallest absolute Gasteiger partial charge is 0.241 e. The SMILES string of the molecule is COc1ccc2cc(S(=O)(=O)N[C@@H](C)c3ccc(N4CCC[C@H](C)C4)cc3)ccc2c1.